The number of hydrogen-bond donors (Lipinski definition) is 2. The number of aryl methyl sites for hydroxylation is 1. The summed E-state index contributed by atoms with van der Waals surface area (Å²) >= 11 is 10.3. The number of nitrogens with one attached hydrogen (secondary N) is 2. The van der Waals surface area contributed by atoms with Gasteiger partial charge in [0, 0.05) is 27.6 Å². The lowest BCUT2D eigenvalue weighted by molar-refractivity contribution is -0.114. The summed E-state index contributed by atoms with van der Waals surface area (Å²) in [6.45, 7) is 8.48. The van der Waals surface area contributed by atoms with Crippen LogP contribution in [0.3, 0.4) is 0 Å². The van der Waals surface area contributed by atoms with Crippen molar-refractivity contribution in [3.8, 4) is 17.1 Å². The number of thiazole rings is 1. The number of anilines is 2. The number of aromatic nitrogens is 4. The van der Waals surface area contributed by atoms with E-state index in [1.165, 1.54) is 40.4 Å². The van der Waals surface area contributed by atoms with Crippen molar-refractivity contribution in [2.75, 3.05) is 22.1 Å². The quantitative estimate of drug-likeness (QED) is 0.137. The zero-order valence-corrected chi connectivity index (χ0v) is 30.0. The van der Waals surface area contributed by atoms with E-state index in [0.717, 1.165) is 31.4 Å². The van der Waals surface area contributed by atoms with Gasteiger partial charge in [0.1, 0.15) is 0 Å². The average molecular weight is 713 g/mol. The molecule has 0 spiro atoms. The van der Waals surface area contributed by atoms with E-state index in [-0.39, 0.29) is 28.7 Å². The van der Waals surface area contributed by atoms with E-state index in [2.05, 4.69) is 70.9 Å². The van der Waals surface area contributed by atoms with E-state index in [1.54, 1.807) is 6.07 Å². The van der Waals surface area contributed by atoms with Gasteiger partial charge >= 0.3 is 0 Å². The number of hydrogen-bond acceptors (Lipinski definition) is 8. The van der Waals surface area contributed by atoms with Crippen molar-refractivity contribution in [2.24, 2.45) is 0 Å². The minimum atomic E-state index is -0.162. The molecule has 0 aliphatic heterocycles. The molecule has 0 aliphatic rings. The van der Waals surface area contributed by atoms with Gasteiger partial charge in [-0.1, -0.05) is 104 Å². The van der Waals surface area contributed by atoms with Crippen LogP contribution >= 0.6 is 46.5 Å². The molecule has 0 fully saturated rings. The largest absolute Gasteiger partial charge is 0.325 e. The molecule has 2 heterocycles. The topological polar surface area (TPSA) is 102 Å². The number of halogens is 1. The number of benzene rings is 4. The van der Waals surface area contributed by atoms with E-state index >= 15 is 0 Å². The second-order valence-electron chi connectivity index (χ2n) is 12.1. The first-order valence-corrected chi connectivity index (χ1v) is 18.3. The summed E-state index contributed by atoms with van der Waals surface area (Å²) in [5, 5.41) is 16.1. The third-order valence-corrected chi connectivity index (χ3v) is 10.9. The van der Waals surface area contributed by atoms with Crippen LogP contribution in [0.2, 0.25) is 5.02 Å². The molecule has 0 radical (unpaired) electrons. The second kappa shape index (κ2) is 14.5. The van der Waals surface area contributed by atoms with Gasteiger partial charge in [0.2, 0.25) is 11.8 Å². The van der Waals surface area contributed by atoms with E-state index < -0.39 is 0 Å². The Morgan fingerprint density at radius 2 is 1.50 bits per heavy atom. The average Bonchev–Trinajstić information content (AvgIpc) is 3.68. The molecule has 12 heteroatoms. The first kappa shape index (κ1) is 33.7. The molecule has 2 N–H and O–H groups in total. The van der Waals surface area contributed by atoms with Crippen LogP contribution in [0.25, 0.3) is 27.3 Å². The summed E-state index contributed by atoms with van der Waals surface area (Å²) in [5.41, 5.74) is 6.23. The fraction of sp³-hybridized carbons (Fsp3) is 0.194. The smallest absolute Gasteiger partial charge is 0.234 e. The van der Waals surface area contributed by atoms with E-state index in [0.29, 0.717) is 27.4 Å². The van der Waals surface area contributed by atoms with E-state index in [1.807, 2.05) is 72.2 Å². The Kier molecular flexibility index (Phi) is 10.2. The molecule has 2 aromatic heterocycles. The van der Waals surface area contributed by atoms with Crippen molar-refractivity contribution < 1.29 is 9.59 Å². The lowest BCUT2D eigenvalue weighted by Crippen LogP contribution is -2.14. The summed E-state index contributed by atoms with van der Waals surface area (Å²) in [6, 6.07) is 29.4. The number of thioether (sulfide) groups is 2. The van der Waals surface area contributed by atoms with Gasteiger partial charge in [-0.05, 0) is 65.9 Å². The minimum Gasteiger partial charge on any atom is -0.325 e. The monoisotopic (exact) mass is 712 g/mol. The van der Waals surface area contributed by atoms with Gasteiger partial charge in [0.15, 0.2) is 15.3 Å². The molecular weight excluding hydrogens is 680 g/mol. The standard InChI is InChI=1S/C36H33ClN6O2S3/c1-22-10-15-25(18-28(22)37)38-32(45)21-47-35-40-29-17-16-26(19-30(29)48-35)39-31(44)20-46-34-42-41-33(43(34)27-8-6-5-7-9-27)23-11-13-24(14-12-23)36(2,3)4/h5-19H,20-21H2,1-4H3,(H,38,45)(H,39,44). The molecule has 0 saturated carbocycles. The fourth-order valence-corrected chi connectivity index (χ4v) is 7.68. The highest BCUT2D eigenvalue weighted by Gasteiger charge is 2.19. The number of rotatable bonds is 10. The summed E-state index contributed by atoms with van der Waals surface area (Å²) in [5.74, 6) is 0.773. The Labute approximate surface area is 296 Å². The maximum absolute atomic E-state index is 13.1. The zero-order valence-electron chi connectivity index (χ0n) is 26.8. The number of nitrogens with zero attached hydrogens (tertiary/aromatic N) is 4. The summed E-state index contributed by atoms with van der Waals surface area (Å²) < 4.78 is 3.67. The molecule has 4 aromatic carbocycles. The Morgan fingerprint density at radius 1 is 0.833 bits per heavy atom. The van der Waals surface area contributed by atoms with Gasteiger partial charge in [-0.15, -0.1) is 21.5 Å². The number of carbonyl (C=O) groups excluding carboxylic acids is 2. The van der Waals surface area contributed by atoms with Crippen molar-refractivity contribution in [1.82, 2.24) is 19.7 Å². The van der Waals surface area contributed by atoms with Crippen LogP contribution < -0.4 is 10.6 Å². The highest BCUT2D eigenvalue weighted by Crippen LogP contribution is 2.33. The van der Waals surface area contributed by atoms with Crippen LogP contribution in [0.4, 0.5) is 11.4 Å². The van der Waals surface area contributed by atoms with Crippen LogP contribution in [0.15, 0.2) is 100 Å². The van der Waals surface area contributed by atoms with Crippen molar-refractivity contribution in [3.63, 3.8) is 0 Å². The highest BCUT2D eigenvalue weighted by molar-refractivity contribution is 8.01. The third kappa shape index (κ3) is 8.10. The number of para-hydroxylation sites is 1. The van der Waals surface area contributed by atoms with Crippen molar-refractivity contribution in [3.05, 3.63) is 107 Å². The summed E-state index contributed by atoms with van der Waals surface area (Å²) in [4.78, 5) is 30.2. The van der Waals surface area contributed by atoms with Crippen LogP contribution in [0, 0.1) is 6.92 Å². The Hall–Kier alpha value is -4.16. The van der Waals surface area contributed by atoms with Gasteiger partial charge in [-0.3, -0.25) is 14.2 Å². The molecule has 0 unspecified atom stereocenters. The van der Waals surface area contributed by atoms with Crippen molar-refractivity contribution >= 4 is 79.9 Å². The number of amides is 2. The Morgan fingerprint density at radius 3 is 2.19 bits per heavy atom. The zero-order chi connectivity index (χ0) is 33.8. The minimum absolute atomic E-state index is 0.0436. The fourth-order valence-electron chi connectivity index (χ4n) is 4.84. The van der Waals surface area contributed by atoms with Crippen LogP contribution in [-0.2, 0) is 15.0 Å². The van der Waals surface area contributed by atoms with Gasteiger partial charge in [-0.2, -0.15) is 0 Å². The Bertz CT molecular complexity index is 2090. The van der Waals surface area contributed by atoms with Crippen molar-refractivity contribution in [2.45, 2.75) is 42.6 Å². The first-order chi connectivity index (χ1) is 23.0. The molecule has 0 aliphatic carbocycles. The summed E-state index contributed by atoms with van der Waals surface area (Å²) in [6.07, 6.45) is 0. The molecule has 0 atom stereocenters. The SMILES string of the molecule is Cc1ccc(NC(=O)CSc2nc3ccc(NC(=O)CSc4nnc(-c5ccc(C(C)(C)C)cc5)n4-c4ccccc4)cc3s2)cc1Cl. The maximum atomic E-state index is 13.1. The molecule has 0 saturated heterocycles. The molecule has 6 rings (SSSR count). The lowest BCUT2D eigenvalue weighted by atomic mass is 9.87. The molecule has 2 amide bonds. The van der Waals surface area contributed by atoms with E-state index in [9.17, 15) is 9.59 Å². The maximum Gasteiger partial charge on any atom is 0.234 e. The van der Waals surface area contributed by atoms with Gasteiger partial charge in [0.05, 0.1) is 21.7 Å². The molecular formula is C36H33ClN6O2S3. The molecule has 8 nitrogen and oxygen atoms in total. The van der Waals surface area contributed by atoms with E-state index in [4.69, 9.17) is 11.6 Å². The van der Waals surface area contributed by atoms with Crippen LogP contribution in [0.5, 0.6) is 0 Å². The van der Waals surface area contributed by atoms with Crippen molar-refractivity contribution in [1.29, 1.82) is 0 Å². The summed E-state index contributed by atoms with van der Waals surface area (Å²) in [7, 11) is 0. The van der Waals surface area contributed by atoms with Gasteiger partial charge in [0.25, 0.3) is 0 Å². The first-order valence-electron chi connectivity index (χ1n) is 15.2. The second-order valence-corrected chi connectivity index (χ2v) is 15.7. The van der Waals surface area contributed by atoms with Gasteiger partial charge < -0.3 is 10.6 Å². The van der Waals surface area contributed by atoms with Crippen LogP contribution in [0.1, 0.15) is 31.9 Å². The third-order valence-electron chi connectivity index (χ3n) is 7.42. The molecule has 48 heavy (non-hydrogen) atoms. The van der Waals surface area contributed by atoms with Crippen LogP contribution in [-0.4, -0.2) is 43.1 Å². The predicted molar refractivity (Wildman–Crippen MR) is 200 cm³/mol. The highest BCUT2D eigenvalue weighted by atomic mass is 35.5. The lowest BCUT2D eigenvalue weighted by Gasteiger charge is -2.19. The molecule has 6 aromatic rings. The number of carbonyl (C=O) groups is 2. The van der Waals surface area contributed by atoms with Gasteiger partial charge in [-0.25, -0.2) is 4.98 Å². The Balaban J connectivity index is 1.09. The predicted octanol–water partition coefficient (Wildman–Crippen LogP) is 9.26. The molecule has 244 valence electrons. The normalized spacial score (nSPS) is 11.5. The molecule has 0 bridgehead atoms. The number of fused-ring (bicyclic) bond motifs is 1.